The van der Waals surface area contributed by atoms with E-state index in [0.717, 1.165) is 12.0 Å². The van der Waals surface area contributed by atoms with Crippen LogP contribution in [-0.2, 0) is 31.1 Å². The Balaban J connectivity index is 1.61. The van der Waals surface area contributed by atoms with Crippen LogP contribution in [0.5, 0.6) is 0 Å². The smallest absolute Gasteiger partial charge is 0.405 e. The number of hydrogen-bond donors (Lipinski definition) is 2. The minimum Gasteiger partial charge on any atom is -0.454 e. The second-order valence-electron chi connectivity index (χ2n) is 6.79. The second-order valence-corrected chi connectivity index (χ2v) is 6.79. The second kappa shape index (κ2) is 7.72. The number of amides is 4. The summed E-state index contributed by atoms with van der Waals surface area (Å²) in [5, 5.41) is 4.20. The molecule has 3 rings (SSSR count). The van der Waals surface area contributed by atoms with E-state index in [9.17, 15) is 32.3 Å². The number of rotatable bonds is 5. The Morgan fingerprint density at radius 3 is 2.69 bits per heavy atom. The minimum absolute atomic E-state index is 0.375. The lowest BCUT2D eigenvalue weighted by Crippen LogP contribution is -2.47. The number of nitrogens with one attached hydrogen (secondary N) is 2. The maximum absolute atomic E-state index is 13.0. The fourth-order valence-electron chi connectivity index (χ4n) is 3.53. The van der Waals surface area contributed by atoms with E-state index in [1.54, 1.807) is 17.4 Å². The molecule has 2 N–H and O–H groups in total. The third-order valence-corrected chi connectivity index (χ3v) is 4.79. The van der Waals surface area contributed by atoms with Crippen molar-refractivity contribution < 1.29 is 37.1 Å². The van der Waals surface area contributed by atoms with Crippen LogP contribution in [0, 0.1) is 0 Å². The number of imide groups is 1. The van der Waals surface area contributed by atoms with Crippen molar-refractivity contribution in [2.45, 2.75) is 31.0 Å². The first-order valence-corrected chi connectivity index (χ1v) is 8.84. The third kappa shape index (κ3) is 4.33. The molecule has 1 aromatic carbocycles. The van der Waals surface area contributed by atoms with E-state index < -0.39 is 55.2 Å². The Hall–Kier alpha value is -3.11. The number of nitrogens with zero attached hydrogens (tertiary/aromatic N) is 1. The molecule has 0 bridgehead atoms. The van der Waals surface area contributed by atoms with Crippen molar-refractivity contribution >= 4 is 23.8 Å². The number of aryl methyl sites for hydroxylation is 1. The summed E-state index contributed by atoms with van der Waals surface area (Å²) in [5.74, 6) is -2.84. The molecule has 4 amide bonds. The fourth-order valence-corrected chi connectivity index (χ4v) is 3.53. The van der Waals surface area contributed by atoms with E-state index in [0.29, 0.717) is 23.3 Å². The molecule has 1 atom stereocenters. The largest absolute Gasteiger partial charge is 0.454 e. The van der Waals surface area contributed by atoms with Gasteiger partial charge in [-0.15, -0.1) is 0 Å². The van der Waals surface area contributed by atoms with Crippen LogP contribution in [0.25, 0.3) is 0 Å². The van der Waals surface area contributed by atoms with E-state index in [1.165, 1.54) is 0 Å². The number of benzene rings is 1. The molecule has 1 aliphatic carbocycles. The summed E-state index contributed by atoms with van der Waals surface area (Å²) < 4.78 is 40.7. The lowest BCUT2D eigenvalue weighted by molar-refractivity contribution is -0.153. The highest BCUT2D eigenvalue weighted by atomic mass is 19.4. The van der Waals surface area contributed by atoms with Crippen LogP contribution >= 0.6 is 0 Å². The minimum atomic E-state index is -4.59. The van der Waals surface area contributed by atoms with E-state index in [4.69, 9.17) is 0 Å². The summed E-state index contributed by atoms with van der Waals surface area (Å²) >= 11 is 0. The molecule has 156 valence electrons. The molecule has 1 fully saturated rings. The topological polar surface area (TPSA) is 105 Å². The molecule has 0 unspecified atom stereocenters. The van der Waals surface area contributed by atoms with Gasteiger partial charge >= 0.3 is 18.2 Å². The van der Waals surface area contributed by atoms with Crippen LogP contribution in [0.3, 0.4) is 0 Å². The van der Waals surface area contributed by atoms with Crippen molar-refractivity contribution in [1.29, 1.82) is 0 Å². The fraction of sp³-hybridized carbons (Fsp3) is 0.444. The van der Waals surface area contributed by atoms with Crippen LogP contribution in [0.4, 0.5) is 18.0 Å². The van der Waals surface area contributed by atoms with E-state index in [-0.39, 0.29) is 0 Å². The molecule has 29 heavy (non-hydrogen) atoms. The SMILES string of the molecule is O=C(COC(=O)CN1C(=O)N[C@@]2(CCCc3ccccc32)C1=O)NCC(F)(F)F. The monoisotopic (exact) mass is 413 g/mol. The Bertz CT molecular complexity index is 857. The number of alkyl halides is 3. The summed E-state index contributed by atoms with van der Waals surface area (Å²) in [5.41, 5.74) is 0.348. The molecule has 0 saturated carbocycles. The lowest BCUT2D eigenvalue weighted by Gasteiger charge is -2.33. The average molecular weight is 413 g/mol. The molecule has 2 aliphatic rings. The standard InChI is InChI=1S/C18H18F3N3O5/c19-18(20,21)10-22-13(25)9-29-14(26)8-24-15(27)17(23-16(24)28)7-3-5-11-4-1-2-6-12(11)17/h1-2,4,6H,3,5,7-10H2,(H,22,25)(H,23,28)/t17-/m1/s1. The van der Waals surface area contributed by atoms with Crippen molar-refractivity contribution in [3.63, 3.8) is 0 Å². The maximum Gasteiger partial charge on any atom is 0.405 e. The van der Waals surface area contributed by atoms with Crippen LogP contribution < -0.4 is 10.6 Å². The van der Waals surface area contributed by atoms with Crippen LogP contribution in [0.1, 0.15) is 24.0 Å². The number of hydrogen-bond acceptors (Lipinski definition) is 5. The van der Waals surface area contributed by atoms with Gasteiger partial charge in [0.2, 0.25) is 0 Å². The van der Waals surface area contributed by atoms with Crippen LogP contribution in [0.15, 0.2) is 24.3 Å². The van der Waals surface area contributed by atoms with Crippen molar-refractivity contribution in [3.8, 4) is 0 Å². The van der Waals surface area contributed by atoms with Crippen molar-refractivity contribution in [1.82, 2.24) is 15.5 Å². The molecule has 11 heteroatoms. The van der Waals surface area contributed by atoms with Gasteiger partial charge in [0.05, 0.1) is 0 Å². The Morgan fingerprint density at radius 1 is 1.24 bits per heavy atom. The predicted octanol–water partition coefficient (Wildman–Crippen LogP) is 0.992. The molecule has 8 nitrogen and oxygen atoms in total. The summed E-state index contributed by atoms with van der Waals surface area (Å²) in [6.45, 7) is -3.26. The molecular formula is C18H18F3N3O5. The summed E-state index contributed by atoms with van der Waals surface area (Å²) in [4.78, 5) is 49.2. The molecule has 1 heterocycles. The van der Waals surface area contributed by atoms with Gasteiger partial charge in [0.1, 0.15) is 18.6 Å². The molecule has 1 spiro atoms. The molecule has 1 saturated heterocycles. The molecule has 1 aliphatic heterocycles. The summed E-state index contributed by atoms with van der Waals surface area (Å²) in [6, 6.07) is 6.43. The molecule has 1 aromatic rings. The first-order chi connectivity index (χ1) is 13.6. The Morgan fingerprint density at radius 2 is 1.97 bits per heavy atom. The van der Waals surface area contributed by atoms with Crippen LogP contribution in [-0.4, -0.2) is 54.6 Å². The highest BCUT2D eigenvalue weighted by Crippen LogP contribution is 2.39. The Labute approximate surface area is 163 Å². The summed E-state index contributed by atoms with van der Waals surface area (Å²) in [6.07, 6.45) is -2.79. The van der Waals surface area contributed by atoms with Gasteiger partial charge in [-0.1, -0.05) is 24.3 Å². The zero-order chi connectivity index (χ0) is 21.2. The lowest BCUT2D eigenvalue weighted by atomic mass is 9.76. The quantitative estimate of drug-likeness (QED) is 0.554. The van der Waals surface area contributed by atoms with Gasteiger partial charge in [-0.2, -0.15) is 13.2 Å². The first-order valence-electron chi connectivity index (χ1n) is 8.84. The number of carbonyl (C=O) groups excluding carboxylic acids is 4. The zero-order valence-electron chi connectivity index (χ0n) is 15.2. The highest BCUT2D eigenvalue weighted by molar-refractivity contribution is 6.09. The predicted molar refractivity (Wildman–Crippen MR) is 91.3 cm³/mol. The van der Waals surface area contributed by atoms with Gasteiger partial charge in [0, 0.05) is 0 Å². The summed E-state index contributed by atoms with van der Waals surface area (Å²) in [7, 11) is 0. The molecule has 0 aromatic heterocycles. The van der Waals surface area contributed by atoms with Gasteiger partial charge < -0.3 is 15.4 Å². The molecular weight excluding hydrogens is 395 g/mol. The van der Waals surface area contributed by atoms with Gasteiger partial charge in [-0.05, 0) is 30.4 Å². The Kier molecular flexibility index (Phi) is 5.49. The highest BCUT2D eigenvalue weighted by Gasteiger charge is 2.54. The number of carbonyl (C=O) groups is 4. The average Bonchev–Trinajstić information content (AvgIpc) is 2.89. The van der Waals surface area contributed by atoms with Gasteiger partial charge in [0.15, 0.2) is 6.61 Å². The van der Waals surface area contributed by atoms with Crippen molar-refractivity contribution in [3.05, 3.63) is 35.4 Å². The van der Waals surface area contributed by atoms with E-state index in [1.807, 2.05) is 12.1 Å². The van der Waals surface area contributed by atoms with Gasteiger partial charge in [0.25, 0.3) is 11.8 Å². The normalized spacial score (nSPS) is 21.0. The number of ether oxygens (including phenoxy) is 1. The van der Waals surface area contributed by atoms with Crippen molar-refractivity contribution in [2.24, 2.45) is 0 Å². The van der Waals surface area contributed by atoms with Gasteiger partial charge in [-0.3, -0.25) is 19.3 Å². The number of esters is 1. The van der Waals surface area contributed by atoms with Crippen molar-refractivity contribution in [2.75, 3.05) is 19.7 Å². The van der Waals surface area contributed by atoms with E-state index >= 15 is 0 Å². The number of fused-ring (bicyclic) bond motifs is 2. The number of urea groups is 1. The van der Waals surface area contributed by atoms with Crippen LogP contribution in [0.2, 0.25) is 0 Å². The van der Waals surface area contributed by atoms with E-state index in [2.05, 4.69) is 10.1 Å². The van der Waals surface area contributed by atoms with Gasteiger partial charge in [-0.25, -0.2) is 4.79 Å². The molecule has 0 radical (unpaired) electrons. The number of halogens is 3. The first kappa shape index (κ1) is 20.6. The third-order valence-electron chi connectivity index (χ3n) is 4.79. The maximum atomic E-state index is 13.0. The zero-order valence-corrected chi connectivity index (χ0v) is 15.2.